The van der Waals surface area contributed by atoms with E-state index in [1.807, 2.05) is 0 Å². The van der Waals surface area contributed by atoms with Crippen LogP contribution >= 0.6 is 0 Å². The lowest BCUT2D eigenvalue weighted by Gasteiger charge is -2.04. The molecule has 74 valence electrons. The van der Waals surface area contributed by atoms with E-state index in [1.165, 1.54) is 6.07 Å². The molecule has 1 aromatic carbocycles. The third kappa shape index (κ3) is 2.49. The number of hydrogen-bond donors (Lipinski definition) is 2. The lowest BCUT2D eigenvalue weighted by Crippen LogP contribution is -2.05. The summed E-state index contributed by atoms with van der Waals surface area (Å²) in [7, 11) is 0. The minimum atomic E-state index is -0.296. The maximum atomic E-state index is 13.1. The van der Waals surface area contributed by atoms with Crippen LogP contribution in [0.2, 0.25) is 0 Å². The summed E-state index contributed by atoms with van der Waals surface area (Å²) < 4.78 is 13.1. The molecular weight excluding hydrogens is 179 g/mol. The van der Waals surface area contributed by atoms with Crippen LogP contribution < -0.4 is 0 Å². The highest BCUT2D eigenvalue weighted by Crippen LogP contribution is 2.11. The maximum absolute atomic E-state index is 13.1. The van der Waals surface area contributed by atoms with E-state index in [0.29, 0.717) is 16.8 Å². The molecule has 0 atom stereocenters. The van der Waals surface area contributed by atoms with Crippen molar-refractivity contribution in [1.29, 1.82) is 10.8 Å². The summed E-state index contributed by atoms with van der Waals surface area (Å²) in [5.74, 6) is -0.296. The van der Waals surface area contributed by atoms with Crippen LogP contribution in [0.5, 0.6) is 0 Å². The first-order valence-electron chi connectivity index (χ1n) is 4.38. The Morgan fingerprint density at radius 3 is 2.50 bits per heavy atom. The SMILES string of the molecule is CC(=N)CC(=N)c1ccc(C)c(F)c1. The predicted molar refractivity (Wildman–Crippen MR) is 56.0 cm³/mol. The van der Waals surface area contributed by atoms with Crippen LogP contribution in [0.25, 0.3) is 0 Å². The molecule has 1 aromatic rings. The Morgan fingerprint density at radius 2 is 2.00 bits per heavy atom. The van der Waals surface area contributed by atoms with Gasteiger partial charge >= 0.3 is 0 Å². The van der Waals surface area contributed by atoms with Crippen molar-refractivity contribution < 1.29 is 4.39 Å². The highest BCUT2D eigenvalue weighted by molar-refractivity contribution is 6.09. The third-order valence-corrected chi connectivity index (χ3v) is 1.96. The topological polar surface area (TPSA) is 47.7 Å². The van der Waals surface area contributed by atoms with Crippen LogP contribution in [-0.2, 0) is 0 Å². The van der Waals surface area contributed by atoms with Gasteiger partial charge in [-0.1, -0.05) is 12.1 Å². The van der Waals surface area contributed by atoms with Gasteiger partial charge in [-0.05, 0) is 31.0 Å². The van der Waals surface area contributed by atoms with Crippen LogP contribution in [0.15, 0.2) is 18.2 Å². The Balaban J connectivity index is 2.91. The number of aryl methyl sites for hydroxylation is 1. The molecule has 2 N–H and O–H groups in total. The van der Waals surface area contributed by atoms with Gasteiger partial charge < -0.3 is 10.8 Å². The largest absolute Gasteiger partial charge is 0.310 e. The maximum Gasteiger partial charge on any atom is 0.126 e. The monoisotopic (exact) mass is 192 g/mol. The molecule has 0 aliphatic rings. The molecule has 0 aromatic heterocycles. The van der Waals surface area contributed by atoms with Gasteiger partial charge in [0, 0.05) is 17.8 Å². The second-order valence-corrected chi connectivity index (χ2v) is 3.40. The van der Waals surface area contributed by atoms with Crippen molar-refractivity contribution >= 4 is 11.4 Å². The summed E-state index contributed by atoms with van der Waals surface area (Å²) >= 11 is 0. The number of benzene rings is 1. The highest BCUT2D eigenvalue weighted by Gasteiger charge is 2.05. The van der Waals surface area contributed by atoms with Crippen molar-refractivity contribution in [1.82, 2.24) is 0 Å². The summed E-state index contributed by atoms with van der Waals surface area (Å²) in [5.41, 5.74) is 1.83. The first kappa shape index (κ1) is 10.6. The van der Waals surface area contributed by atoms with E-state index >= 15 is 0 Å². The first-order chi connectivity index (χ1) is 6.50. The Kier molecular flexibility index (Phi) is 3.12. The molecule has 2 nitrogen and oxygen atoms in total. The zero-order chi connectivity index (χ0) is 10.7. The van der Waals surface area contributed by atoms with Gasteiger partial charge in [0.05, 0.1) is 0 Å². The molecule has 0 saturated carbocycles. The molecule has 0 aliphatic carbocycles. The number of rotatable bonds is 3. The third-order valence-electron chi connectivity index (χ3n) is 1.96. The van der Waals surface area contributed by atoms with Crippen LogP contribution in [-0.4, -0.2) is 11.4 Å². The molecular formula is C11H13FN2. The van der Waals surface area contributed by atoms with Crippen LogP contribution in [0, 0.1) is 23.6 Å². The Bertz CT molecular complexity index is 383. The molecule has 0 amide bonds. The quantitative estimate of drug-likeness (QED) is 0.692. The smallest absolute Gasteiger partial charge is 0.126 e. The van der Waals surface area contributed by atoms with Crippen LogP contribution in [0.3, 0.4) is 0 Å². The number of halogens is 1. The van der Waals surface area contributed by atoms with Gasteiger partial charge in [-0.15, -0.1) is 0 Å². The van der Waals surface area contributed by atoms with Crippen molar-refractivity contribution in [3.8, 4) is 0 Å². The minimum absolute atomic E-state index is 0.280. The normalized spacial score (nSPS) is 9.93. The average molecular weight is 192 g/mol. The van der Waals surface area contributed by atoms with Crippen molar-refractivity contribution in [2.24, 2.45) is 0 Å². The van der Waals surface area contributed by atoms with Crippen LogP contribution in [0.1, 0.15) is 24.5 Å². The minimum Gasteiger partial charge on any atom is -0.310 e. The molecule has 0 unspecified atom stereocenters. The molecule has 0 heterocycles. The molecule has 3 heteroatoms. The Labute approximate surface area is 82.8 Å². The first-order valence-corrected chi connectivity index (χ1v) is 4.38. The molecule has 0 spiro atoms. The zero-order valence-corrected chi connectivity index (χ0v) is 8.32. The highest BCUT2D eigenvalue weighted by atomic mass is 19.1. The van der Waals surface area contributed by atoms with Gasteiger partial charge in [-0.2, -0.15) is 0 Å². The molecule has 1 rings (SSSR count). The molecule has 0 bridgehead atoms. The van der Waals surface area contributed by atoms with E-state index in [2.05, 4.69) is 0 Å². The van der Waals surface area contributed by atoms with Gasteiger partial charge in [0.1, 0.15) is 5.82 Å². The standard InChI is InChI=1S/C11H13FN2/c1-7-3-4-9(6-10(7)12)11(14)5-8(2)13/h3-4,6,13-14H,5H2,1-2H3. The zero-order valence-electron chi connectivity index (χ0n) is 8.32. The second kappa shape index (κ2) is 4.13. The summed E-state index contributed by atoms with van der Waals surface area (Å²) in [5, 5.41) is 14.9. The summed E-state index contributed by atoms with van der Waals surface area (Å²) in [6, 6.07) is 4.71. The lowest BCUT2D eigenvalue weighted by molar-refractivity contribution is 0.618. The number of hydrogen-bond acceptors (Lipinski definition) is 2. The van der Waals surface area contributed by atoms with E-state index in [0.717, 1.165) is 0 Å². The van der Waals surface area contributed by atoms with Gasteiger partial charge in [0.15, 0.2) is 0 Å². The van der Waals surface area contributed by atoms with E-state index in [9.17, 15) is 4.39 Å². The Hall–Kier alpha value is -1.51. The van der Waals surface area contributed by atoms with Gasteiger partial charge in [0.2, 0.25) is 0 Å². The Morgan fingerprint density at radius 1 is 1.36 bits per heavy atom. The molecule has 0 radical (unpaired) electrons. The van der Waals surface area contributed by atoms with E-state index < -0.39 is 0 Å². The van der Waals surface area contributed by atoms with Gasteiger partial charge in [-0.25, -0.2) is 4.39 Å². The van der Waals surface area contributed by atoms with Crippen LogP contribution in [0.4, 0.5) is 4.39 Å². The predicted octanol–water partition coefficient (Wildman–Crippen LogP) is 2.93. The summed E-state index contributed by atoms with van der Waals surface area (Å²) in [4.78, 5) is 0. The molecule has 0 fully saturated rings. The molecule has 14 heavy (non-hydrogen) atoms. The lowest BCUT2D eigenvalue weighted by atomic mass is 10.0. The van der Waals surface area contributed by atoms with Crippen molar-refractivity contribution in [3.05, 3.63) is 35.1 Å². The van der Waals surface area contributed by atoms with Gasteiger partial charge in [0.25, 0.3) is 0 Å². The van der Waals surface area contributed by atoms with Crippen molar-refractivity contribution in [2.75, 3.05) is 0 Å². The van der Waals surface area contributed by atoms with E-state index in [4.69, 9.17) is 10.8 Å². The van der Waals surface area contributed by atoms with E-state index in [1.54, 1.807) is 26.0 Å². The molecule has 0 aliphatic heterocycles. The molecule has 0 saturated heterocycles. The second-order valence-electron chi connectivity index (χ2n) is 3.40. The van der Waals surface area contributed by atoms with Crippen molar-refractivity contribution in [3.63, 3.8) is 0 Å². The van der Waals surface area contributed by atoms with Crippen molar-refractivity contribution in [2.45, 2.75) is 20.3 Å². The fourth-order valence-corrected chi connectivity index (χ4v) is 1.15. The summed E-state index contributed by atoms with van der Waals surface area (Å²) in [6.07, 6.45) is 0.280. The fourth-order valence-electron chi connectivity index (χ4n) is 1.15. The fraction of sp³-hybridized carbons (Fsp3) is 0.273. The van der Waals surface area contributed by atoms with Gasteiger partial charge in [-0.3, -0.25) is 0 Å². The average Bonchev–Trinajstić information content (AvgIpc) is 2.08. The van der Waals surface area contributed by atoms with E-state index in [-0.39, 0.29) is 17.9 Å². The number of nitrogens with one attached hydrogen (secondary N) is 2. The summed E-state index contributed by atoms with van der Waals surface area (Å²) in [6.45, 7) is 3.32.